The molecule has 4 N–H and O–H groups in total. The summed E-state index contributed by atoms with van der Waals surface area (Å²) in [6, 6.07) is 20.0. The maximum absolute atomic E-state index is 16.0. The van der Waals surface area contributed by atoms with E-state index in [0.29, 0.717) is 64.5 Å². The summed E-state index contributed by atoms with van der Waals surface area (Å²) in [5.41, 5.74) is 3.86. The number of aliphatic hydroxyl groups excluding tert-OH is 3. The number of ether oxygens (including phenoxy) is 4. The molecule has 1 aromatic heterocycles. The molecular formula is C40H46ClFN4O9. The molecular weight excluding hydrogens is 735 g/mol. The first-order valence-electron chi connectivity index (χ1n) is 18.1. The van der Waals surface area contributed by atoms with E-state index < -0.39 is 24.4 Å². The number of halogens is 2. The van der Waals surface area contributed by atoms with Crippen molar-refractivity contribution in [2.75, 3.05) is 52.7 Å². The van der Waals surface area contributed by atoms with Crippen LogP contribution in [-0.4, -0.2) is 95.2 Å². The third kappa shape index (κ3) is 11.8. The Bertz CT molecular complexity index is 1970. The van der Waals surface area contributed by atoms with Crippen molar-refractivity contribution in [2.45, 2.75) is 45.6 Å². The van der Waals surface area contributed by atoms with E-state index in [1.54, 1.807) is 55.5 Å². The second-order valence-corrected chi connectivity index (χ2v) is 13.0. The van der Waals surface area contributed by atoms with Gasteiger partial charge in [-0.25, -0.2) is 9.02 Å². The zero-order chi connectivity index (χ0) is 39.0. The number of fused-ring (bicyclic) bond motifs is 1. The van der Waals surface area contributed by atoms with Crippen LogP contribution >= 0.6 is 11.6 Å². The highest BCUT2D eigenvalue weighted by Crippen LogP contribution is 2.35. The molecule has 0 bridgehead atoms. The first kappa shape index (κ1) is 41.3. The third-order valence-corrected chi connectivity index (χ3v) is 8.99. The number of hydrogen-bond acceptors (Lipinski definition) is 13. The van der Waals surface area contributed by atoms with Crippen molar-refractivity contribution in [3.05, 3.63) is 100 Å². The van der Waals surface area contributed by atoms with Crippen molar-refractivity contribution >= 4 is 28.6 Å². The highest BCUT2D eigenvalue weighted by atomic mass is 35.5. The molecule has 0 aliphatic carbocycles. The number of nitrogens with one attached hydrogen (secondary N) is 1. The molecule has 55 heavy (non-hydrogen) atoms. The fraction of sp³-hybridized carbons (Fsp3) is 0.375. The molecule has 4 aromatic carbocycles. The first-order valence-corrected chi connectivity index (χ1v) is 18.5. The first-order chi connectivity index (χ1) is 26.8. The van der Waals surface area contributed by atoms with E-state index in [4.69, 9.17) is 35.2 Å². The molecule has 0 unspecified atom stereocenters. The Kier molecular flexibility index (Phi) is 16.0. The van der Waals surface area contributed by atoms with E-state index in [1.165, 1.54) is 0 Å². The Morgan fingerprint density at radius 2 is 1.65 bits per heavy atom. The summed E-state index contributed by atoms with van der Waals surface area (Å²) in [5, 5.41) is 39.1. The molecule has 5 aromatic rings. The molecule has 0 radical (unpaired) electrons. The molecule has 0 saturated heterocycles. The van der Waals surface area contributed by atoms with Gasteiger partial charge in [0, 0.05) is 42.4 Å². The van der Waals surface area contributed by atoms with Crippen molar-refractivity contribution < 1.29 is 48.1 Å². The summed E-state index contributed by atoms with van der Waals surface area (Å²) in [6.45, 7) is 3.78. The van der Waals surface area contributed by atoms with Crippen LogP contribution in [0.15, 0.2) is 77.4 Å². The second kappa shape index (κ2) is 21.3. The lowest BCUT2D eigenvalue weighted by atomic mass is 10.0. The van der Waals surface area contributed by atoms with Gasteiger partial charge in [0.05, 0.1) is 38.1 Å². The summed E-state index contributed by atoms with van der Waals surface area (Å²) in [4.78, 5) is 14.3. The molecule has 13 nitrogen and oxygen atoms in total. The Balaban J connectivity index is 1.27. The molecule has 1 atom stereocenters. The summed E-state index contributed by atoms with van der Waals surface area (Å²) in [5.74, 6) is 0.193. The SMILES string of the molecule is CCOC(=O)[C@@H](CO)NCc1cc(Cl)c(OCc2cccc(-c3cccc(OCCCCN(CCO)CCO)c3)c2F)cc1OCc1ccc2nonc2c1. The molecule has 0 aliphatic heterocycles. The quantitative estimate of drug-likeness (QED) is 0.0499. The van der Waals surface area contributed by atoms with E-state index in [0.717, 1.165) is 24.9 Å². The molecule has 5 rings (SSSR count). The van der Waals surface area contributed by atoms with Crippen LogP contribution in [0.4, 0.5) is 4.39 Å². The van der Waals surface area contributed by atoms with E-state index in [-0.39, 0.29) is 50.4 Å². The van der Waals surface area contributed by atoms with Crippen LogP contribution in [0, 0.1) is 5.82 Å². The average molecular weight is 781 g/mol. The van der Waals surface area contributed by atoms with Gasteiger partial charge in [-0.15, -0.1) is 0 Å². The number of rotatable bonds is 23. The van der Waals surface area contributed by atoms with Crippen molar-refractivity contribution in [3.63, 3.8) is 0 Å². The van der Waals surface area contributed by atoms with Gasteiger partial charge in [0.1, 0.15) is 53.4 Å². The van der Waals surface area contributed by atoms with Gasteiger partial charge in [0.25, 0.3) is 0 Å². The fourth-order valence-corrected chi connectivity index (χ4v) is 6.05. The Labute approximate surface area is 323 Å². The van der Waals surface area contributed by atoms with Crippen LogP contribution in [0.5, 0.6) is 17.2 Å². The van der Waals surface area contributed by atoms with Crippen LogP contribution in [0.2, 0.25) is 5.02 Å². The van der Waals surface area contributed by atoms with Gasteiger partial charge < -0.3 is 34.3 Å². The molecule has 294 valence electrons. The Hall–Kier alpha value is -4.83. The number of aromatic nitrogens is 2. The van der Waals surface area contributed by atoms with E-state index >= 15 is 4.39 Å². The van der Waals surface area contributed by atoms with Gasteiger partial charge in [-0.3, -0.25) is 15.0 Å². The molecule has 0 amide bonds. The number of carbonyl (C=O) groups is 1. The summed E-state index contributed by atoms with van der Waals surface area (Å²) in [7, 11) is 0. The molecule has 0 aliphatic rings. The maximum Gasteiger partial charge on any atom is 0.325 e. The Morgan fingerprint density at radius 3 is 2.44 bits per heavy atom. The highest BCUT2D eigenvalue weighted by Gasteiger charge is 2.21. The minimum absolute atomic E-state index is 0.0402. The van der Waals surface area contributed by atoms with E-state index in [9.17, 15) is 20.1 Å². The molecule has 1 heterocycles. The van der Waals surface area contributed by atoms with Crippen molar-refractivity contribution in [3.8, 4) is 28.4 Å². The van der Waals surface area contributed by atoms with Crippen LogP contribution in [0.1, 0.15) is 36.5 Å². The molecule has 15 heteroatoms. The summed E-state index contributed by atoms with van der Waals surface area (Å²) >= 11 is 6.68. The lowest BCUT2D eigenvalue weighted by molar-refractivity contribution is -0.146. The minimum Gasteiger partial charge on any atom is -0.494 e. The van der Waals surface area contributed by atoms with Gasteiger partial charge in [-0.2, -0.15) is 0 Å². The summed E-state index contributed by atoms with van der Waals surface area (Å²) in [6.07, 6.45) is 1.61. The van der Waals surface area contributed by atoms with Crippen LogP contribution < -0.4 is 19.5 Å². The van der Waals surface area contributed by atoms with Gasteiger partial charge in [-0.05, 0) is 78.1 Å². The molecule has 0 spiro atoms. The van der Waals surface area contributed by atoms with Gasteiger partial charge in [0.15, 0.2) is 0 Å². The molecule has 0 saturated carbocycles. The number of benzene rings is 4. The lowest BCUT2D eigenvalue weighted by Crippen LogP contribution is -2.40. The number of carbonyl (C=O) groups excluding carboxylic acids is 1. The zero-order valence-electron chi connectivity index (χ0n) is 30.6. The normalized spacial score (nSPS) is 11.9. The third-order valence-electron chi connectivity index (χ3n) is 8.70. The van der Waals surface area contributed by atoms with Gasteiger partial charge >= 0.3 is 5.97 Å². The van der Waals surface area contributed by atoms with E-state index in [1.807, 2.05) is 29.2 Å². The van der Waals surface area contributed by atoms with Gasteiger partial charge in [-0.1, -0.05) is 48.0 Å². The van der Waals surface area contributed by atoms with Crippen LogP contribution in [-0.2, 0) is 29.3 Å². The Morgan fingerprint density at radius 1 is 0.873 bits per heavy atom. The predicted molar refractivity (Wildman–Crippen MR) is 203 cm³/mol. The maximum atomic E-state index is 16.0. The topological polar surface area (TPSA) is 169 Å². The van der Waals surface area contributed by atoms with Crippen molar-refractivity contribution in [1.82, 2.24) is 20.5 Å². The van der Waals surface area contributed by atoms with Crippen LogP contribution in [0.3, 0.4) is 0 Å². The lowest BCUT2D eigenvalue weighted by Gasteiger charge is -2.19. The van der Waals surface area contributed by atoms with Crippen molar-refractivity contribution in [1.29, 1.82) is 0 Å². The number of esters is 1. The van der Waals surface area contributed by atoms with Crippen LogP contribution in [0.25, 0.3) is 22.2 Å². The highest BCUT2D eigenvalue weighted by molar-refractivity contribution is 6.32. The fourth-order valence-electron chi connectivity index (χ4n) is 5.80. The van der Waals surface area contributed by atoms with Crippen molar-refractivity contribution in [2.24, 2.45) is 0 Å². The molecule has 0 fully saturated rings. The number of aliphatic hydroxyl groups is 3. The van der Waals surface area contributed by atoms with Gasteiger partial charge in [0.2, 0.25) is 0 Å². The smallest absolute Gasteiger partial charge is 0.325 e. The number of hydrogen-bond donors (Lipinski definition) is 4. The average Bonchev–Trinajstić information content (AvgIpc) is 3.66. The minimum atomic E-state index is -0.968. The number of unbranched alkanes of at least 4 members (excludes halogenated alkanes) is 1. The van der Waals surface area contributed by atoms with E-state index in [2.05, 4.69) is 15.6 Å². The number of nitrogens with zero attached hydrogens (tertiary/aromatic N) is 3. The summed E-state index contributed by atoms with van der Waals surface area (Å²) < 4.78 is 44.1. The zero-order valence-corrected chi connectivity index (χ0v) is 31.3. The predicted octanol–water partition coefficient (Wildman–Crippen LogP) is 5.30. The standard InChI is InChI=1S/C40H46ClFN4O9/c1-2-51-40(50)36(24-49)43-23-30-21-33(41)38(22-37(30)53-25-27-11-12-34-35(19-27)45-55-44-34)54-26-29-8-6-10-32(39(29)42)28-7-5-9-31(20-28)52-18-4-3-13-46(14-16-47)15-17-48/h5-12,19-22,36,43,47-49H,2-4,13-18,23-26H2,1H3/t36-/m1/s1. The second-order valence-electron chi connectivity index (χ2n) is 12.6. The largest absolute Gasteiger partial charge is 0.494 e. The monoisotopic (exact) mass is 780 g/mol.